The van der Waals surface area contributed by atoms with Gasteiger partial charge >= 0.3 is 0 Å². The van der Waals surface area contributed by atoms with E-state index in [0.29, 0.717) is 0 Å². The molecule has 0 saturated carbocycles. The molecule has 0 spiro atoms. The van der Waals surface area contributed by atoms with Gasteiger partial charge in [-0.2, -0.15) is 0 Å². The molecule has 0 aliphatic rings. The summed E-state index contributed by atoms with van der Waals surface area (Å²) in [4.78, 5) is 0. The second-order valence-electron chi connectivity index (χ2n) is 5.44. The van der Waals surface area contributed by atoms with E-state index in [4.69, 9.17) is 0 Å². The van der Waals surface area contributed by atoms with Crippen LogP contribution in [0.4, 0.5) is 0 Å². The minimum atomic E-state index is 0.836. The van der Waals surface area contributed by atoms with Gasteiger partial charge in [0.1, 0.15) is 0 Å². The van der Waals surface area contributed by atoms with Gasteiger partial charge in [0.25, 0.3) is 0 Å². The molecular weight excluding hydrogens is 276 g/mol. The van der Waals surface area contributed by atoms with Gasteiger partial charge in [0.15, 0.2) is 0 Å². The number of hydrogen-bond acceptors (Lipinski definition) is 0. The van der Waals surface area contributed by atoms with E-state index in [-0.39, 0.29) is 0 Å². The van der Waals surface area contributed by atoms with Crippen LogP contribution in [0.5, 0.6) is 0 Å². The topological polar surface area (TPSA) is 0 Å². The van der Waals surface area contributed by atoms with E-state index in [9.17, 15) is 0 Å². The third-order valence-corrected chi connectivity index (χ3v) is 3.90. The SMILES string of the molecule is C=CCC(=C(c1ccccc1)c1ccccc1)c1ccccc1. The lowest BCUT2D eigenvalue weighted by Gasteiger charge is -2.16. The zero-order chi connectivity index (χ0) is 15.9. The molecule has 0 heterocycles. The summed E-state index contributed by atoms with van der Waals surface area (Å²) in [5.41, 5.74) is 6.30. The van der Waals surface area contributed by atoms with Crippen molar-refractivity contribution in [3.05, 3.63) is 120 Å². The fourth-order valence-electron chi connectivity index (χ4n) is 2.87. The van der Waals surface area contributed by atoms with Gasteiger partial charge in [0.05, 0.1) is 0 Å². The Balaban J connectivity index is 2.29. The average Bonchev–Trinajstić information content (AvgIpc) is 2.64. The Kier molecular flexibility index (Phi) is 4.85. The Hall–Kier alpha value is -2.86. The monoisotopic (exact) mass is 296 g/mol. The first-order valence-corrected chi connectivity index (χ1v) is 7.90. The Morgan fingerprint density at radius 2 is 1.00 bits per heavy atom. The highest BCUT2D eigenvalue weighted by Gasteiger charge is 2.12. The van der Waals surface area contributed by atoms with Crippen molar-refractivity contribution in [1.29, 1.82) is 0 Å². The van der Waals surface area contributed by atoms with E-state index >= 15 is 0 Å². The lowest BCUT2D eigenvalue weighted by Crippen LogP contribution is -1.94. The molecule has 0 saturated heterocycles. The van der Waals surface area contributed by atoms with Crippen molar-refractivity contribution in [3.8, 4) is 0 Å². The molecular formula is C23H20. The molecule has 0 aliphatic heterocycles. The van der Waals surface area contributed by atoms with E-state index in [2.05, 4.69) is 97.6 Å². The molecule has 3 aromatic carbocycles. The van der Waals surface area contributed by atoms with Crippen LogP contribution in [0.15, 0.2) is 104 Å². The van der Waals surface area contributed by atoms with Crippen LogP contribution in [0.1, 0.15) is 23.1 Å². The molecule has 0 aliphatic carbocycles. The molecule has 0 bridgehead atoms. The van der Waals surface area contributed by atoms with Crippen molar-refractivity contribution < 1.29 is 0 Å². The zero-order valence-corrected chi connectivity index (χ0v) is 13.2. The van der Waals surface area contributed by atoms with Crippen LogP contribution in [-0.4, -0.2) is 0 Å². The maximum atomic E-state index is 3.96. The van der Waals surface area contributed by atoms with Crippen molar-refractivity contribution in [2.75, 3.05) is 0 Å². The first-order valence-electron chi connectivity index (χ1n) is 7.90. The number of benzene rings is 3. The van der Waals surface area contributed by atoms with Crippen LogP contribution in [0, 0.1) is 0 Å². The fourth-order valence-corrected chi connectivity index (χ4v) is 2.87. The van der Waals surface area contributed by atoms with Crippen molar-refractivity contribution in [2.45, 2.75) is 6.42 Å². The maximum Gasteiger partial charge on any atom is -0.00702 e. The summed E-state index contributed by atoms with van der Waals surface area (Å²) in [7, 11) is 0. The molecule has 0 radical (unpaired) electrons. The van der Waals surface area contributed by atoms with Crippen LogP contribution < -0.4 is 0 Å². The summed E-state index contributed by atoms with van der Waals surface area (Å²) >= 11 is 0. The standard InChI is InChI=1S/C23H20/c1-2-12-22(19-13-6-3-7-14-19)23(20-15-8-4-9-16-20)21-17-10-5-11-18-21/h2-11,13-18H,1,12H2. The highest BCUT2D eigenvalue weighted by atomic mass is 14.2. The quantitative estimate of drug-likeness (QED) is 0.387. The number of allylic oxidation sites excluding steroid dienone is 2. The zero-order valence-electron chi connectivity index (χ0n) is 13.2. The summed E-state index contributed by atoms with van der Waals surface area (Å²) in [6.45, 7) is 3.96. The van der Waals surface area contributed by atoms with E-state index in [1.165, 1.54) is 27.8 Å². The number of rotatable bonds is 5. The first-order chi connectivity index (χ1) is 11.4. The summed E-state index contributed by atoms with van der Waals surface area (Å²) < 4.78 is 0. The van der Waals surface area contributed by atoms with Gasteiger partial charge in [-0.05, 0) is 34.3 Å². The largest absolute Gasteiger partial charge is 0.103 e. The van der Waals surface area contributed by atoms with Crippen LogP contribution in [-0.2, 0) is 0 Å². The van der Waals surface area contributed by atoms with Crippen molar-refractivity contribution in [1.82, 2.24) is 0 Å². The predicted octanol–water partition coefficient (Wildman–Crippen LogP) is 6.22. The first kappa shape index (κ1) is 15.1. The molecule has 0 aromatic heterocycles. The van der Waals surface area contributed by atoms with E-state index in [1.54, 1.807) is 0 Å². The van der Waals surface area contributed by atoms with E-state index in [0.717, 1.165) is 6.42 Å². The van der Waals surface area contributed by atoms with Gasteiger partial charge in [-0.3, -0.25) is 0 Å². The smallest absolute Gasteiger partial charge is 0.00702 e. The van der Waals surface area contributed by atoms with Gasteiger partial charge < -0.3 is 0 Å². The van der Waals surface area contributed by atoms with Gasteiger partial charge in [0, 0.05) is 0 Å². The number of hydrogen-bond donors (Lipinski definition) is 0. The predicted molar refractivity (Wildman–Crippen MR) is 100 cm³/mol. The molecule has 0 heteroatoms. The molecule has 0 fully saturated rings. The molecule has 0 nitrogen and oxygen atoms in total. The Bertz CT molecular complexity index is 740. The Morgan fingerprint density at radius 3 is 1.39 bits per heavy atom. The third-order valence-electron chi connectivity index (χ3n) is 3.90. The van der Waals surface area contributed by atoms with E-state index < -0.39 is 0 Å². The van der Waals surface area contributed by atoms with Crippen LogP contribution in [0.2, 0.25) is 0 Å². The molecule has 112 valence electrons. The van der Waals surface area contributed by atoms with Crippen LogP contribution in [0.3, 0.4) is 0 Å². The summed E-state index contributed by atoms with van der Waals surface area (Å²) in [5, 5.41) is 0. The lowest BCUT2D eigenvalue weighted by atomic mass is 9.88. The molecule has 23 heavy (non-hydrogen) atoms. The molecule has 3 rings (SSSR count). The van der Waals surface area contributed by atoms with E-state index in [1.807, 2.05) is 6.08 Å². The summed E-state index contributed by atoms with van der Waals surface area (Å²) in [6.07, 6.45) is 2.82. The summed E-state index contributed by atoms with van der Waals surface area (Å²) in [6, 6.07) is 31.8. The molecule has 0 atom stereocenters. The normalized spacial score (nSPS) is 10.1. The average molecular weight is 296 g/mol. The highest BCUT2D eigenvalue weighted by Crippen LogP contribution is 2.34. The van der Waals surface area contributed by atoms with Gasteiger partial charge in [-0.25, -0.2) is 0 Å². The van der Waals surface area contributed by atoms with Crippen molar-refractivity contribution in [3.63, 3.8) is 0 Å². The van der Waals surface area contributed by atoms with Gasteiger partial charge in [-0.1, -0.05) is 97.1 Å². The molecule has 0 unspecified atom stereocenters. The molecule has 3 aromatic rings. The summed E-state index contributed by atoms with van der Waals surface area (Å²) in [5.74, 6) is 0. The molecule has 0 N–H and O–H groups in total. The molecule has 0 amide bonds. The van der Waals surface area contributed by atoms with Gasteiger partial charge in [0.2, 0.25) is 0 Å². The lowest BCUT2D eigenvalue weighted by molar-refractivity contribution is 1.39. The highest BCUT2D eigenvalue weighted by molar-refractivity contribution is 5.98. The fraction of sp³-hybridized carbons (Fsp3) is 0.0435. The Labute approximate surface area is 138 Å². The van der Waals surface area contributed by atoms with Crippen LogP contribution in [0.25, 0.3) is 11.1 Å². The third kappa shape index (κ3) is 3.49. The maximum absolute atomic E-state index is 3.96. The van der Waals surface area contributed by atoms with Crippen LogP contribution >= 0.6 is 0 Å². The minimum Gasteiger partial charge on any atom is -0.103 e. The van der Waals surface area contributed by atoms with Crippen molar-refractivity contribution in [2.24, 2.45) is 0 Å². The van der Waals surface area contributed by atoms with Gasteiger partial charge in [-0.15, -0.1) is 6.58 Å². The minimum absolute atomic E-state index is 0.836. The second-order valence-corrected chi connectivity index (χ2v) is 5.44. The Morgan fingerprint density at radius 1 is 0.609 bits per heavy atom. The van der Waals surface area contributed by atoms with Crippen molar-refractivity contribution >= 4 is 11.1 Å². The second kappa shape index (κ2) is 7.42.